The lowest BCUT2D eigenvalue weighted by atomic mass is 10.1. The zero-order chi connectivity index (χ0) is 23.3. The second-order valence-electron chi connectivity index (χ2n) is 7.28. The third-order valence-corrected chi connectivity index (χ3v) is 4.94. The van der Waals surface area contributed by atoms with E-state index in [-0.39, 0.29) is 24.2 Å². The number of alkyl halides is 3. The maximum atomic E-state index is 12.7. The van der Waals surface area contributed by atoms with E-state index in [2.05, 4.69) is 15.5 Å². The van der Waals surface area contributed by atoms with Gasteiger partial charge in [0.05, 0.1) is 18.8 Å². The predicted molar refractivity (Wildman–Crippen MR) is 112 cm³/mol. The van der Waals surface area contributed by atoms with E-state index in [4.69, 9.17) is 14.0 Å². The molecule has 1 N–H and O–H groups in total. The van der Waals surface area contributed by atoms with Crippen LogP contribution in [0.1, 0.15) is 12.0 Å². The summed E-state index contributed by atoms with van der Waals surface area (Å²) in [7, 11) is 0. The minimum Gasteiger partial charge on any atom is -0.484 e. The molecule has 2 aromatic carbocycles. The van der Waals surface area contributed by atoms with Gasteiger partial charge in [0.1, 0.15) is 5.75 Å². The standard InChI is InChI=1S/C23H20F3N3O4/c24-23(25,26)18-5-1-16(2-6-18)21-28-22(33-29-21)17-3-7-19(8-4-17)32-14-20(30)27-13-15-9-11-31-12-10-15/h1-9H,10-14H2,(H,27,30). The minimum atomic E-state index is -4.41. The van der Waals surface area contributed by atoms with Crippen LogP contribution in [0, 0.1) is 0 Å². The van der Waals surface area contributed by atoms with Crippen molar-refractivity contribution < 1.29 is 32.0 Å². The molecule has 1 aliphatic rings. The lowest BCUT2D eigenvalue weighted by Crippen LogP contribution is -2.31. The first-order valence-corrected chi connectivity index (χ1v) is 10.2. The number of aromatic nitrogens is 2. The highest BCUT2D eigenvalue weighted by molar-refractivity contribution is 5.77. The number of ether oxygens (including phenoxy) is 2. The van der Waals surface area contributed by atoms with Crippen LogP contribution in [0.5, 0.6) is 5.75 Å². The summed E-state index contributed by atoms with van der Waals surface area (Å²) in [5, 5.41) is 6.64. The molecule has 0 saturated heterocycles. The summed E-state index contributed by atoms with van der Waals surface area (Å²) in [4.78, 5) is 16.2. The van der Waals surface area contributed by atoms with E-state index in [0.717, 1.165) is 24.1 Å². The molecule has 2 heterocycles. The van der Waals surface area contributed by atoms with Crippen molar-refractivity contribution in [3.63, 3.8) is 0 Å². The number of carbonyl (C=O) groups excluding carboxylic acids is 1. The Labute approximate surface area is 187 Å². The summed E-state index contributed by atoms with van der Waals surface area (Å²) < 4.78 is 54.1. The van der Waals surface area contributed by atoms with E-state index < -0.39 is 11.7 Å². The normalized spacial score (nSPS) is 14.0. The summed E-state index contributed by atoms with van der Waals surface area (Å²) in [6, 6.07) is 11.2. The molecule has 0 spiro atoms. The highest BCUT2D eigenvalue weighted by atomic mass is 19.4. The van der Waals surface area contributed by atoms with E-state index in [9.17, 15) is 18.0 Å². The fourth-order valence-corrected chi connectivity index (χ4v) is 3.10. The lowest BCUT2D eigenvalue weighted by Gasteiger charge is -2.14. The fraction of sp³-hybridized carbons (Fsp3) is 0.261. The van der Waals surface area contributed by atoms with Crippen LogP contribution in [0.15, 0.2) is 64.7 Å². The quantitative estimate of drug-likeness (QED) is 0.532. The molecule has 33 heavy (non-hydrogen) atoms. The van der Waals surface area contributed by atoms with Gasteiger partial charge in [0.25, 0.3) is 11.8 Å². The maximum absolute atomic E-state index is 12.7. The van der Waals surface area contributed by atoms with Crippen LogP contribution in [-0.2, 0) is 15.7 Å². The smallest absolute Gasteiger partial charge is 0.416 e. The van der Waals surface area contributed by atoms with Crippen LogP contribution in [0.3, 0.4) is 0 Å². The molecule has 3 aromatic rings. The molecular formula is C23H20F3N3O4. The Bertz CT molecular complexity index is 1120. The van der Waals surface area contributed by atoms with Crippen molar-refractivity contribution in [1.29, 1.82) is 0 Å². The van der Waals surface area contributed by atoms with E-state index in [1.807, 2.05) is 6.08 Å². The highest BCUT2D eigenvalue weighted by Crippen LogP contribution is 2.31. The van der Waals surface area contributed by atoms with E-state index >= 15 is 0 Å². The molecule has 1 amide bonds. The van der Waals surface area contributed by atoms with Crippen molar-refractivity contribution in [3.05, 3.63) is 65.7 Å². The third-order valence-electron chi connectivity index (χ3n) is 4.94. The largest absolute Gasteiger partial charge is 0.484 e. The first kappa shape index (κ1) is 22.5. The molecule has 10 heteroatoms. The average molecular weight is 459 g/mol. The van der Waals surface area contributed by atoms with Crippen LogP contribution < -0.4 is 10.1 Å². The van der Waals surface area contributed by atoms with Crippen molar-refractivity contribution in [2.75, 3.05) is 26.4 Å². The monoisotopic (exact) mass is 459 g/mol. The Morgan fingerprint density at radius 2 is 1.79 bits per heavy atom. The number of halogens is 3. The Balaban J connectivity index is 1.31. The van der Waals surface area contributed by atoms with Gasteiger partial charge >= 0.3 is 6.18 Å². The van der Waals surface area contributed by atoms with Gasteiger partial charge in [0, 0.05) is 17.7 Å². The third kappa shape index (κ3) is 5.98. The van der Waals surface area contributed by atoms with Gasteiger partial charge in [0.15, 0.2) is 6.61 Å². The van der Waals surface area contributed by atoms with Crippen molar-refractivity contribution in [2.45, 2.75) is 12.6 Å². The zero-order valence-electron chi connectivity index (χ0n) is 17.4. The van der Waals surface area contributed by atoms with Crippen LogP contribution in [0.4, 0.5) is 13.2 Å². The fourth-order valence-electron chi connectivity index (χ4n) is 3.10. The van der Waals surface area contributed by atoms with Gasteiger partial charge in [-0.05, 0) is 42.8 Å². The van der Waals surface area contributed by atoms with Crippen LogP contribution >= 0.6 is 0 Å². The Morgan fingerprint density at radius 1 is 1.06 bits per heavy atom. The SMILES string of the molecule is O=C(COc1ccc(-c2nc(-c3ccc(C(F)(F)F)cc3)no2)cc1)NCC1=CCOCC1. The molecule has 7 nitrogen and oxygen atoms in total. The molecule has 0 atom stereocenters. The Hall–Kier alpha value is -3.66. The van der Waals surface area contributed by atoms with Gasteiger partial charge in [-0.1, -0.05) is 28.9 Å². The molecule has 0 radical (unpaired) electrons. The lowest BCUT2D eigenvalue weighted by molar-refractivity contribution is -0.137. The first-order chi connectivity index (χ1) is 15.9. The number of hydrogen-bond acceptors (Lipinski definition) is 6. The minimum absolute atomic E-state index is 0.123. The number of nitrogens with zero attached hydrogens (tertiary/aromatic N) is 2. The molecular weight excluding hydrogens is 439 g/mol. The Morgan fingerprint density at radius 3 is 2.45 bits per heavy atom. The van der Waals surface area contributed by atoms with Crippen LogP contribution in [0.2, 0.25) is 0 Å². The van der Waals surface area contributed by atoms with E-state index in [1.54, 1.807) is 24.3 Å². The zero-order valence-corrected chi connectivity index (χ0v) is 17.4. The second-order valence-corrected chi connectivity index (χ2v) is 7.28. The molecule has 0 unspecified atom stereocenters. The summed E-state index contributed by atoms with van der Waals surface area (Å²) in [5.41, 5.74) is 1.39. The van der Waals surface area contributed by atoms with Gasteiger partial charge in [-0.25, -0.2) is 0 Å². The summed E-state index contributed by atoms with van der Waals surface area (Å²) >= 11 is 0. The second kappa shape index (κ2) is 9.86. The van der Waals surface area contributed by atoms with Crippen LogP contribution in [-0.4, -0.2) is 42.4 Å². The van der Waals surface area contributed by atoms with Crippen molar-refractivity contribution in [1.82, 2.24) is 15.5 Å². The summed E-state index contributed by atoms with van der Waals surface area (Å²) in [6.45, 7) is 1.58. The van der Waals surface area contributed by atoms with Gasteiger partial charge in [-0.3, -0.25) is 4.79 Å². The van der Waals surface area contributed by atoms with Gasteiger partial charge < -0.3 is 19.3 Å². The first-order valence-electron chi connectivity index (χ1n) is 10.2. The molecule has 172 valence electrons. The van der Waals surface area contributed by atoms with Gasteiger partial charge in [0.2, 0.25) is 5.82 Å². The molecule has 1 aliphatic heterocycles. The Kier molecular flexibility index (Phi) is 6.74. The number of amides is 1. The molecule has 0 bridgehead atoms. The van der Waals surface area contributed by atoms with Crippen molar-refractivity contribution in [2.24, 2.45) is 0 Å². The van der Waals surface area contributed by atoms with Crippen LogP contribution in [0.25, 0.3) is 22.8 Å². The molecule has 0 aliphatic carbocycles. The van der Waals surface area contributed by atoms with Gasteiger partial charge in [-0.15, -0.1) is 0 Å². The average Bonchev–Trinajstić information content (AvgIpc) is 3.32. The highest BCUT2D eigenvalue weighted by Gasteiger charge is 2.30. The van der Waals surface area contributed by atoms with Crippen molar-refractivity contribution >= 4 is 5.91 Å². The number of hydrogen-bond donors (Lipinski definition) is 1. The van der Waals surface area contributed by atoms with Gasteiger partial charge in [-0.2, -0.15) is 18.2 Å². The number of benzene rings is 2. The maximum Gasteiger partial charge on any atom is 0.416 e. The summed E-state index contributed by atoms with van der Waals surface area (Å²) in [6.07, 6.45) is -1.64. The number of nitrogens with one attached hydrogen (secondary N) is 1. The molecule has 1 aromatic heterocycles. The molecule has 0 fully saturated rings. The molecule has 0 saturated carbocycles. The summed E-state index contributed by atoms with van der Waals surface area (Å²) in [5.74, 6) is 0.639. The predicted octanol–water partition coefficient (Wildman–Crippen LogP) is 4.26. The topological polar surface area (TPSA) is 86.5 Å². The van der Waals surface area contributed by atoms with E-state index in [1.165, 1.54) is 12.1 Å². The van der Waals surface area contributed by atoms with Crippen molar-refractivity contribution in [3.8, 4) is 28.6 Å². The molecule has 4 rings (SSSR count). The number of carbonyl (C=O) groups is 1. The van der Waals surface area contributed by atoms with E-state index in [0.29, 0.717) is 36.6 Å². The number of rotatable bonds is 7.